The van der Waals surface area contributed by atoms with E-state index < -0.39 is 0 Å². The molecule has 1 unspecified atom stereocenters. The minimum atomic E-state index is -0.205. The fourth-order valence-electron chi connectivity index (χ4n) is 4.38. The van der Waals surface area contributed by atoms with Crippen molar-refractivity contribution in [2.24, 2.45) is 5.92 Å². The maximum absolute atomic E-state index is 13.2. The molecule has 0 saturated carbocycles. The first-order valence-electron chi connectivity index (χ1n) is 10.6. The van der Waals surface area contributed by atoms with Gasteiger partial charge in [0.1, 0.15) is 11.6 Å². The van der Waals surface area contributed by atoms with Crippen LogP contribution in [0, 0.1) is 30.0 Å². The number of hydrogen-bond acceptors (Lipinski definition) is 3. The molecule has 4 rings (SSSR count). The van der Waals surface area contributed by atoms with E-state index in [0.717, 1.165) is 55.2 Å². The van der Waals surface area contributed by atoms with E-state index in [1.807, 2.05) is 36.5 Å². The normalized spacial score (nSPS) is 17.0. The van der Waals surface area contributed by atoms with E-state index in [2.05, 4.69) is 33.5 Å². The molecule has 0 spiro atoms. The molecule has 3 aromatic rings. The molecule has 1 fully saturated rings. The first kappa shape index (κ1) is 20.3. The number of nitriles is 1. The molecule has 0 bridgehead atoms. The quantitative estimate of drug-likeness (QED) is 0.600. The molecule has 1 aromatic heterocycles. The molecule has 30 heavy (non-hydrogen) atoms. The van der Waals surface area contributed by atoms with Crippen molar-refractivity contribution in [3.63, 3.8) is 0 Å². The van der Waals surface area contributed by atoms with Crippen molar-refractivity contribution in [1.82, 2.24) is 14.5 Å². The van der Waals surface area contributed by atoms with E-state index in [1.54, 1.807) is 0 Å². The van der Waals surface area contributed by atoms with Gasteiger partial charge in [-0.25, -0.2) is 9.37 Å². The summed E-state index contributed by atoms with van der Waals surface area (Å²) in [5.74, 6) is 1.46. The van der Waals surface area contributed by atoms with Crippen LogP contribution in [0.15, 0.2) is 54.7 Å². The Morgan fingerprint density at radius 1 is 1.13 bits per heavy atom. The van der Waals surface area contributed by atoms with Crippen LogP contribution in [-0.4, -0.2) is 27.5 Å². The second-order valence-electron chi connectivity index (χ2n) is 8.29. The fourth-order valence-corrected chi connectivity index (χ4v) is 4.38. The standard InChI is InChI=1S/C25H27FN4/c1-19-15-28-25(30(19)18-20-7-9-24(26)10-8-20)13-23-6-3-11-29(17-23)16-22-5-2-4-21(12-22)14-27/h2,4-5,7-10,12,15,23H,3,6,11,13,16-18H2,1H3. The van der Waals surface area contributed by atoms with E-state index in [1.165, 1.54) is 30.5 Å². The minimum Gasteiger partial charge on any atom is -0.328 e. The lowest BCUT2D eigenvalue weighted by atomic mass is 9.94. The van der Waals surface area contributed by atoms with Crippen LogP contribution in [-0.2, 0) is 19.5 Å². The van der Waals surface area contributed by atoms with Crippen LogP contribution in [0.25, 0.3) is 0 Å². The molecule has 1 saturated heterocycles. The second-order valence-corrected chi connectivity index (χ2v) is 8.29. The van der Waals surface area contributed by atoms with Crippen LogP contribution in [0.4, 0.5) is 4.39 Å². The zero-order chi connectivity index (χ0) is 20.9. The predicted octanol–water partition coefficient (Wildman–Crippen LogP) is 4.71. The number of imidazole rings is 1. The molecular weight excluding hydrogens is 375 g/mol. The summed E-state index contributed by atoms with van der Waals surface area (Å²) < 4.78 is 15.5. The Labute approximate surface area is 177 Å². The Balaban J connectivity index is 1.41. The van der Waals surface area contributed by atoms with Gasteiger partial charge in [-0.3, -0.25) is 4.90 Å². The number of piperidine rings is 1. The molecule has 2 heterocycles. The molecule has 4 nitrogen and oxygen atoms in total. The summed E-state index contributed by atoms with van der Waals surface area (Å²) in [7, 11) is 0. The van der Waals surface area contributed by atoms with Gasteiger partial charge < -0.3 is 4.57 Å². The fraction of sp³-hybridized carbons (Fsp3) is 0.360. The van der Waals surface area contributed by atoms with Crippen molar-refractivity contribution in [3.8, 4) is 6.07 Å². The molecular formula is C25H27FN4. The predicted molar refractivity (Wildman–Crippen MR) is 115 cm³/mol. The third-order valence-electron chi connectivity index (χ3n) is 5.93. The highest BCUT2D eigenvalue weighted by molar-refractivity contribution is 5.32. The SMILES string of the molecule is Cc1cnc(CC2CCCN(Cc3cccc(C#N)c3)C2)n1Cc1ccc(F)cc1. The summed E-state index contributed by atoms with van der Waals surface area (Å²) in [4.78, 5) is 7.18. The van der Waals surface area contributed by atoms with Gasteiger partial charge in [0.15, 0.2) is 0 Å². The van der Waals surface area contributed by atoms with Gasteiger partial charge >= 0.3 is 0 Å². The zero-order valence-electron chi connectivity index (χ0n) is 17.4. The minimum absolute atomic E-state index is 0.205. The molecule has 2 aromatic carbocycles. The van der Waals surface area contributed by atoms with Crippen molar-refractivity contribution in [1.29, 1.82) is 5.26 Å². The van der Waals surface area contributed by atoms with Crippen LogP contribution < -0.4 is 0 Å². The summed E-state index contributed by atoms with van der Waals surface area (Å²) in [6.07, 6.45) is 5.27. The third kappa shape index (κ3) is 4.95. The Morgan fingerprint density at radius 2 is 1.97 bits per heavy atom. The molecule has 0 amide bonds. The highest BCUT2D eigenvalue weighted by Gasteiger charge is 2.22. The maximum Gasteiger partial charge on any atom is 0.123 e. The third-order valence-corrected chi connectivity index (χ3v) is 5.93. The van der Waals surface area contributed by atoms with Gasteiger partial charge in [-0.15, -0.1) is 0 Å². The largest absolute Gasteiger partial charge is 0.328 e. The Bertz CT molecular complexity index is 1030. The molecule has 0 N–H and O–H groups in total. The van der Waals surface area contributed by atoms with Crippen LogP contribution in [0.3, 0.4) is 0 Å². The number of rotatable bonds is 6. The lowest BCUT2D eigenvalue weighted by molar-refractivity contribution is 0.165. The van der Waals surface area contributed by atoms with Gasteiger partial charge in [-0.05, 0) is 67.6 Å². The van der Waals surface area contributed by atoms with Crippen molar-refractivity contribution < 1.29 is 4.39 Å². The monoisotopic (exact) mass is 402 g/mol. The van der Waals surface area contributed by atoms with Gasteiger partial charge in [0, 0.05) is 37.9 Å². The maximum atomic E-state index is 13.2. The second kappa shape index (κ2) is 9.23. The van der Waals surface area contributed by atoms with Crippen molar-refractivity contribution in [2.75, 3.05) is 13.1 Å². The van der Waals surface area contributed by atoms with Gasteiger partial charge in [0.05, 0.1) is 11.6 Å². The number of aromatic nitrogens is 2. The van der Waals surface area contributed by atoms with Crippen molar-refractivity contribution in [2.45, 2.75) is 39.3 Å². The molecule has 1 aliphatic heterocycles. The van der Waals surface area contributed by atoms with Crippen LogP contribution in [0.1, 0.15) is 41.1 Å². The summed E-state index contributed by atoms with van der Waals surface area (Å²) in [5, 5.41) is 9.13. The number of aryl methyl sites for hydroxylation is 1. The van der Waals surface area contributed by atoms with E-state index >= 15 is 0 Å². The Kier molecular flexibility index (Phi) is 6.25. The highest BCUT2D eigenvalue weighted by Crippen LogP contribution is 2.23. The molecule has 0 radical (unpaired) electrons. The number of benzene rings is 2. The van der Waals surface area contributed by atoms with Crippen LogP contribution in [0.2, 0.25) is 0 Å². The van der Waals surface area contributed by atoms with E-state index in [9.17, 15) is 4.39 Å². The van der Waals surface area contributed by atoms with Gasteiger partial charge in [-0.1, -0.05) is 24.3 Å². The smallest absolute Gasteiger partial charge is 0.123 e. The zero-order valence-corrected chi connectivity index (χ0v) is 17.4. The lowest BCUT2D eigenvalue weighted by Crippen LogP contribution is -2.36. The highest BCUT2D eigenvalue weighted by atomic mass is 19.1. The molecule has 5 heteroatoms. The van der Waals surface area contributed by atoms with E-state index in [-0.39, 0.29) is 5.82 Å². The van der Waals surface area contributed by atoms with E-state index in [4.69, 9.17) is 5.26 Å². The van der Waals surface area contributed by atoms with E-state index in [0.29, 0.717) is 5.92 Å². The number of halogens is 1. The Hall–Kier alpha value is -2.97. The number of hydrogen-bond donors (Lipinski definition) is 0. The van der Waals surface area contributed by atoms with Gasteiger partial charge in [0.25, 0.3) is 0 Å². The summed E-state index contributed by atoms with van der Waals surface area (Å²) in [5.41, 5.74) is 4.14. The average Bonchev–Trinajstić information content (AvgIpc) is 3.09. The molecule has 1 aliphatic rings. The number of nitrogens with zero attached hydrogens (tertiary/aromatic N) is 4. The number of likely N-dealkylation sites (tertiary alicyclic amines) is 1. The summed E-state index contributed by atoms with van der Waals surface area (Å²) in [6.45, 7) is 5.82. The first-order chi connectivity index (χ1) is 14.6. The summed E-state index contributed by atoms with van der Waals surface area (Å²) in [6, 6.07) is 16.8. The Morgan fingerprint density at radius 3 is 2.77 bits per heavy atom. The molecule has 0 aliphatic carbocycles. The summed E-state index contributed by atoms with van der Waals surface area (Å²) >= 11 is 0. The van der Waals surface area contributed by atoms with Gasteiger partial charge in [0.2, 0.25) is 0 Å². The van der Waals surface area contributed by atoms with Crippen molar-refractivity contribution >= 4 is 0 Å². The molecule has 1 atom stereocenters. The van der Waals surface area contributed by atoms with Gasteiger partial charge in [-0.2, -0.15) is 5.26 Å². The average molecular weight is 403 g/mol. The van der Waals surface area contributed by atoms with Crippen LogP contribution in [0.5, 0.6) is 0 Å². The topological polar surface area (TPSA) is 44.9 Å². The first-order valence-corrected chi connectivity index (χ1v) is 10.6. The van der Waals surface area contributed by atoms with Crippen molar-refractivity contribution in [3.05, 3.63) is 88.8 Å². The lowest BCUT2D eigenvalue weighted by Gasteiger charge is -2.32. The molecule has 154 valence electrons. The van der Waals surface area contributed by atoms with Crippen LogP contribution >= 0.6 is 0 Å².